The van der Waals surface area contributed by atoms with Crippen LogP contribution in [0.2, 0.25) is 0 Å². The highest BCUT2D eigenvalue weighted by Gasteiger charge is 2.23. The van der Waals surface area contributed by atoms with Crippen LogP contribution in [-0.4, -0.2) is 41.5 Å². The smallest absolute Gasteiger partial charge is 0.350 e. The third-order valence-corrected chi connectivity index (χ3v) is 6.64. The first kappa shape index (κ1) is 20.5. The minimum Gasteiger partial charge on any atom is -0.465 e. The molecule has 7 heteroatoms. The van der Waals surface area contributed by atoms with Crippen LogP contribution < -0.4 is 5.32 Å². The maximum absolute atomic E-state index is 12.7. The van der Waals surface area contributed by atoms with Crippen LogP contribution in [0.5, 0.6) is 0 Å². The molecule has 6 nitrogen and oxygen atoms in total. The lowest BCUT2D eigenvalue weighted by Crippen LogP contribution is -2.36. The van der Waals surface area contributed by atoms with Gasteiger partial charge in [0.15, 0.2) is 0 Å². The van der Waals surface area contributed by atoms with Gasteiger partial charge in [0.05, 0.1) is 18.5 Å². The number of nitrogens with zero attached hydrogens (tertiary/aromatic N) is 2. The largest absolute Gasteiger partial charge is 0.465 e. The van der Waals surface area contributed by atoms with Crippen molar-refractivity contribution in [2.75, 3.05) is 19.0 Å². The average molecular weight is 424 g/mol. The zero-order valence-corrected chi connectivity index (χ0v) is 18.0. The number of anilines is 1. The maximum Gasteiger partial charge on any atom is 0.350 e. The van der Waals surface area contributed by atoms with Crippen molar-refractivity contribution < 1.29 is 14.3 Å². The van der Waals surface area contributed by atoms with Crippen LogP contribution in [0.1, 0.15) is 51.9 Å². The summed E-state index contributed by atoms with van der Waals surface area (Å²) in [6.07, 6.45) is 3.71. The summed E-state index contributed by atoms with van der Waals surface area (Å²) in [6.45, 7) is 4.13. The van der Waals surface area contributed by atoms with E-state index in [0.717, 1.165) is 29.0 Å². The molecule has 1 N–H and O–H groups in total. The van der Waals surface area contributed by atoms with E-state index in [0.29, 0.717) is 22.2 Å². The average Bonchev–Trinajstić information content (AvgIpc) is 3.13. The number of piperidine rings is 1. The zero-order valence-electron chi connectivity index (χ0n) is 17.2. The highest BCUT2D eigenvalue weighted by atomic mass is 32.1. The summed E-state index contributed by atoms with van der Waals surface area (Å²) in [7, 11) is 1.34. The lowest BCUT2D eigenvalue weighted by atomic mass is 10.0. The number of fused-ring (bicyclic) bond motifs is 1. The third kappa shape index (κ3) is 4.22. The molecule has 1 amide bonds. The number of benzene rings is 1. The Morgan fingerprint density at radius 2 is 2.00 bits per heavy atom. The molecule has 1 atom stereocenters. The van der Waals surface area contributed by atoms with Crippen LogP contribution in [0.25, 0.3) is 10.2 Å². The summed E-state index contributed by atoms with van der Waals surface area (Å²) in [5, 5.41) is 3.64. The van der Waals surface area contributed by atoms with Gasteiger partial charge < -0.3 is 10.1 Å². The molecule has 0 radical (unpaired) electrons. The van der Waals surface area contributed by atoms with E-state index < -0.39 is 5.97 Å². The van der Waals surface area contributed by atoms with E-state index >= 15 is 0 Å². The van der Waals surface area contributed by atoms with Crippen LogP contribution >= 0.6 is 11.3 Å². The summed E-state index contributed by atoms with van der Waals surface area (Å²) in [5.74, 6) is -0.751. The van der Waals surface area contributed by atoms with Crippen LogP contribution in [-0.2, 0) is 11.3 Å². The molecular formula is C23H25N3O3S. The Bertz CT molecular complexity index is 1060. The van der Waals surface area contributed by atoms with E-state index in [1.54, 1.807) is 24.3 Å². The van der Waals surface area contributed by atoms with Gasteiger partial charge >= 0.3 is 5.97 Å². The fourth-order valence-electron chi connectivity index (χ4n) is 3.84. The first-order valence-corrected chi connectivity index (χ1v) is 11.0. The summed E-state index contributed by atoms with van der Waals surface area (Å²) >= 11 is 1.25. The van der Waals surface area contributed by atoms with Gasteiger partial charge in [-0.15, -0.1) is 11.3 Å². The Morgan fingerprint density at radius 1 is 1.20 bits per heavy atom. The van der Waals surface area contributed by atoms with Crippen molar-refractivity contribution in [1.29, 1.82) is 0 Å². The fraction of sp³-hybridized carbons (Fsp3) is 0.348. The van der Waals surface area contributed by atoms with Gasteiger partial charge in [0.1, 0.15) is 9.71 Å². The number of pyridine rings is 1. The van der Waals surface area contributed by atoms with Crippen LogP contribution in [0.15, 0.2) is 42.5 Å². The summed E-state index contributed by atoms with van der Waals surface area (Å²) in [6, 6.07) is 13.4. The standard InChI is InChI=1S/C23H25N3O3S/c1-15-8-6-7-13-26(15)14-17-11-12-18-19(20(23(28)29-2)30-22(18)24-17)25-21(27)16-9-4-3-5-10-16/h3-5,9-12,15H,6-8,13-14H2,1-2H3,(H,25,27)/t15-/m0/s1. The lowest BCUT2D eigenvalue weighted by Gasteiger charge is -2.32. The molecule has 1 aliphatic rings. The minimum atomic E-state index is -0.479. The number of hydrogen-bond donors (Lipinski definition) is 1. The molecule has 2 aromatic heterocycles. The summed E-state index contributed by atoms with van der Waals surface area (Å²) in [4.78, 5) is 33.4. The number of rotatable bonds is 5. The van der Waals surface area contributed by atoms with Gasteiger partial charge in [-0.3, -0.25) is 9.69 Å². The van der Waals surface area contributed by atoms with Crippen LogP contribution in [0.4, 0.5) is 5.69 Å². The monoisotopic (exact) mass is 423 g/mol. The number of amides is 1. The molecule has 30 heavy (non-hydrogen) atoms. The van der Waals surface area contributed by atoms with Gasteiger partial charge in [0, 0.05) is 23.5 Å². The molecule has 3 heterocycles. The second-order valence-electron chi connectivity index (χ2n) is 7.59. The molecular weight excluding hydrogens is 398 g/mol. The molecule has 0 aliphatic carbocycles. The van der Waals surface area contributed by atoms with E-state index in [4.69, 9.17) is 9.72 Å². The molecule has 1 fully saturated rings. The van der Waals surface area contributed by atoms with Crippen molar-refractivity contribution in [2.45, 2.75) is 38.8 Å². The predicted octanol–water partition coefficient (Wildman–Crippen LogP) is 4.71. The van der Waals surface area contributed by atoms with Crippen molar-refractivity contribution in [3.05, 3.63) is 58.6 Å². The van der Waals surface area contributed by atoms with Crippen LogP contribution in [0, 0.1) is 0 Å². The van der Waals surface area contributed by atoms with Crippen LogP contribution in [0.3, 0.4) is 0 Å². The van der Waals surface area contributed by atoms with Gasteiger partial charge in [0.25, 0.3) is 5.91 Å². The maximum atomic E-state index is 12.7. The highest BCUT2D eigenvalue weighted by Crippen LogP contribution is 2.36. The highest BCUT2D eigenvalue weighted by molar-refractivity contribution is 7.21. The first-order chi connectivity index (χ1) is 14.6. The van der Waals surface area contributed by atoms with Gasteiger partial charge in [-0.1, -0.05) is 24.6 Å². The molecule has 1 saturated heterocycles. The van der Waals surface area contributed by atoms with E-state index in [2.05, 4.69) is 17.1 Å². The summed E-state index contributed by atoms with van der Waals surface area (Å²) < 4.78 is 4.94. The van der Waals surface area contributed by atoms with Gasteiger partial charge in [-0.2, -0.15) is 0 Å². The van der Waals surface area contributed by atoms with E-state index in [1.165, 1.54) is 37.7 Å². The number of thiophene rings is 1. The van der Waals surface area contributed by atoms with Gasteiger partial charge in [0.2, 0.25) is 0 Å². The van der Waals surface area contributed by atoms with Crippen molar-refractivity contribution >= 4 is 39.1 Å². The Labute approximate surface area is 179 Å². The fourth-order valence-corrected chi connectivity index (χ4v) is 4.91. The third-order valence-electron chi connectivity index (χ3n) is 5.56. The second kappa shape index (κ2) is 8.93. The Morgan fingerprint density at radius 3 is 2.73 bits per heavy atom. The number of likely N-dealkylation sites (tertiary alicyclic amines) is 1. The van der Waals surface area contributed by atoms with Crippen molar-refractivity contribution in [2.24, 2.45) is 0 Å². The van der Waals surface area contributed by atoms with Crippen molar-refractivity contribution in [3.8, 4) is 0 Å². The molecule has 3 aromatic rings. The Hall–Kier alpha value is -2.77. The molecule has 0 unspecified atom stereocenters. The Balaban J connectivity index is 1.66. The number of methoxy groups -OCH3 is 1. The molecule has 1 aliphatic heterocycles. The number of aromatic nitrogens is 1. The molecule has 0 saturated carbocycles. The van der Waals surface area contributed by atoms with Gasteiger partial charge in [-0.25, -0.2) is 9.78 Å². The van der Waals surface area contributed by atoms with E-state index in [9.17, 15) is 9.59 Å². The quantitative estimate of drug-likeness (QED) is 0.602. The molecule has 156 valence electrons. The normalized spacial score (nSPS) is 17.1. The molecule has 1 aromatic carbocycles. The number of carbonyl (C=O) groups is 2. The topological polar surface area (TPSA) is 71.5 Å². The number of esters is 1. The second-order valence-corrected chi connectivity index (χ2v) is 8.59. The lowest BCUT2D eigenvalue weighted by molar-refractivity contribution is 0.0607. The molecule has 0 bridgehead atoms. The van der Waals surface area contributed by atoms with E-state index in [-0.39, 0.29) is 5.91 Å². The zero-order chi connectivity index (χ0) is 21.1. The minimum absolute atomic E-state index is 0.272. The SMILES string of the molecule is COC(=O)c1sc2nc(CN3CCCC[C@@H]3C)ccc2c1NC(=O)c1ccccc1. The van der Waals surface area contributed by atoms with Crippen molar-refractivity contribution in [3.63, 3.8) is 0 Å². The number of hydrogen-bond acceptors (Lipinski definition) is 6. The molecule has 4 rings (SSSR count). The van der Waals surface area contributed by atoms with E-state index in [1.807, 2.05) is 18.2 Å². The van der Waals surface area contributed by atoms with Gasteiger partial charge in [-0.05, 0) is 50.6 Å². The number of carbonyl (C=O) groups excluding carboxylic acids is 2. The number of ether oxygens (including phenoxy) is 1. The predicted molar refractivity (Wildman–Crippen MR) is 119 cm³/mol. The summed E-state index contributed by atoms with van der Waals surface area (Å²) in [5.41, 5.74) is 1.95. The molecule has 0 spiro atoms. The first-order valence-electron chi connectivity index (χ1n) is 10.2. The van der Waals surface area contributed by atoms with Crippen molar-refractivity contribution in [1.82, 2.24) is 9.88 Å². The number of nitrogens with one attached hydrogen (secondary N) is 1. The Kier molecular flexibility index (Phi) is 6.11.